The van der Waals surface area contributed by atoms with Crippen molar-refractivity contribution < 1.29 is 62.8 Å². The fourth-order valence-corrected chi connectivity index (χ4v) is 10.3. The van der Waals surface area contributed by atoms with Gasteiger partial charge in [0.05, 0.1) is 31.7 Å². The van der Waals surface area contributed by atoms with Crippen LogP contribution in [-0.4, -0.2) is 92.4 Å². The molecule has 1 aliphatic rings. The van der Waals surface area contributed by atoms with E-state index < -0.39 is 81.5 Å². The summed E-state index contributed by atoms with van der Waals surface area (Å²) in [5.41, 5.74) is 0. The molecule has 1 rings (SSSR count). The lowest BCUT2D eigenvalue weighted by Gasteiger charge is -2.44. The van der Waals surface area contributed by atoms with Crippen molar-refractivity contribution in [2.75, 3.05) is 6.61 Å². The van der Waals surface area contributed by atoms with E-state index in [1.807, 2.05) is 0 Å². The summed E-state index contributed by atoms with van der Waals surface area (Å²) in [5, 5.41) is 34.8. The summed E-state index contributed by atoms with van der Waals surface area (Å²) in [6, 6.07) is -1.55. The van der Waals surface area contributed by atoms with Crippen molar-refractivity contribution in [3.63, 3.8) is 0 Å². The number of ether oxygens (including phenoxy) is 3. The van der Waals surface area contributed by atoms with E-state index in [4.69, 9.17) is 18.7 Å². The van der Waals surface area contributed by atoms with Crippen molar-refractivity contribution in [2.24, 2.45) is 0 Å². The number of hydrogen-bond acceptors (Lipinski definition) is 11. The van der Waals surface area contributed by atoms with Crippen LogP contribution < -0.4 is 5.32 Å². The quantitative estimate of drug-likeness (QED) is 0.0190. The van der Waals surface area contributed by atoms with E-state index in [1.54, 1.807) is 0 Å². The van der Waals surface area contributed by atoms with E-state index in [0.717, 1.165) is 70.6 Å². The van der Waals surface area contributed by atoms with Gasteiger partial charge in [-0.1, -0.05) is 252 Å². The molecule has 0 saturated carbocycles. The molecule has 71 heavy (non-hydrogen) atoms. The Bertz CT molecular complexity index is 1320. The SMILES string of the molecule is CCCCCCCCCCCCCCCC(=O)O[C@H]1O[C@H](CO)[C@@H](OP(=O)(O)O)[C@H](OC(=O)C[C@H](O)CCCCCCCCCCCCC)[C@H]1NC(=O)C[C@H](O)CCCCCCCCCCCCCCC. The minimum Gasteiger partial charge on any atom is -0.457 e. The number of esters is 2. The number of amides is 1. The molecule has 1 heterocycles. The number of carbonyl (C=O) groups excluding carboxylic acids is 3. The van der Waals surface area contributed by atoms with Gasteiger partial charge in [-0.2, -0.15) is 0 Å². The molecule has 15 heteroatoms. The van der Waals surface area contributed by atoms with Crippen molar-refractivity contribution >= 4 is 25.7 Å². The van der Waals surface area contributed by atoms with Gasteiger partial charge in [-0.3, -0.25) is 18.9 Å². The molecule has 1 aliphatic heterocycles. The van der Waals surface area contributed by atoms with Crippen LogP contribution in [0.2, 0.25) is 0 Å². The van der Waals surface area contributed by atoms with Crippen LogP contribution in [0.1, 0.15) is 290 Å². The van der Waals surface area contributed by atoms with E-state index >= 15 is 0 Å². The molecular formula is C56H108NO13P. The molecule has 0 unspecified atom stereocenters. The van der Waals surface area contributed by atoms with Gasteiger partial charge >= 0.3 is 19.8 Å². The molecule has 1 saturated heterocycles. The van der Waals surface area contributed by atoms with Crippen LogP contribution in [0.15, 0.2) is 0 Å². The third-order valence-corrected chi connectivity index (χ3v) is 14.5. The van der Waals surface area contributed by atoms with E-state index in [9.17, 15) is 44.1 Å². The molecule has 0 radical (unpaired) electrons. The highest BCUT2D eigenvalue weighted by Crippen LogP contribution is 2.42. The highest BCUT2D eigenvalue weighted by Gasteiger charge is 2.53. The molecule has 14 nitrogen and oxygen atoms in total. The fraction of sp³-hybridized carbons (Fsp3) is 0.946. The Hall–Kier alpha value is -1.64. The summed E-state index contributed by atoms with van der Waals surface area (Å²) in [4.78, 5) is 60.4. The first-order valence-electron chi connectivity index (χ1n) is 29.4. The number of phosphoric acid groups is 1. The maximum Gasteiger partial charge on any atom is 0.470 e. The third kappa shape index (κ3) is 38.6. The van der Waals surface area contributed by atoms with Gasteiger partial charge in [-0.25, -0.2) is 4.57 Å². The smallest absolute Gasteiger partial charge is 0.457 e. The monoisotopic (exact) mass is 1030 g/mol. The van der Waals surface area contributed by atoms with E-state index in [1.165, 1.54) is 154 Å². The Morgan fingerprint density at radius 3 is 1.21 bits per heavy atom. The summed E-state index contributed by atoms with van der Waals surface area (Å²) in [7, 11) is -5.32. The molecule has 0 aromatic rings. The Morgan fingerprint density at radius 1 is 0.493 bits per heavy atom. The van der Waals surface area contributed by atoms with Crippen LogP contribution >= 0.6 is 7.82 Å². The van der Waals surface area contributed by atoms with Crippen molar-refractivity contribution in [1.29, 1.82) is 0 Å². The second-order valence-electron chi connectivity index (χ2n) is 20.9. The maximum absolute atomic E-state index is 13.6. The van der Waals surface area contributed by atoms with Gasteiger partial charge in [0, 0.05) is 6.42 Å². The molecule has 1 amide bonds. The van der Waals surface area contributed by atoms with Gasteiger partial charge in [0.15, 0.2) is 6.10 Å². The average molecular weight is 1030 g/mol. The van der Waals surface area contributed by atoms with Crippen LogP contribution in [0.4, 0.5) is 0 Å². The first-order chi connectivity index (χ1) is 34.3. The largest absolute Gasteiger partial charge is 0.470 e. The molecular weight excluding hydrogens is 926 g/mol. The van der Waals surface area contributed by atoms with E-state index in [-0.39, 0.29) is 12.8 Å². The summed E-state index contributed by atoms with van der Waals surface area (Å²) >= 11 is 0. The lowest BCUT2D eigenvalue weighted by atomic mass is 9.96. The minimum absolute atomic E-state index is 0.0258. The Balaban J connectivity index is 2.93. The third-order valence-electron chi connectivity index (χ3n) is 14.0. The highest BCUT2D eigenvalue weighted by molar-refractivity contribution is 7.46. The van der Waals surface area contributed by atoms with Crippen molar-refractivity contribution in [2.45, 2.75) is 333 Å². The van der Waals surface area contributed by atoms with Crippen LogP contribution in [-0.2, 0) is 37.7 Å². The number of aliphatic hydroxyl groups excluding tert-OH is 3. The lowest BCUT2D eigenvalue weighted by Crippen LogP contribution is -2.66. The summed E-state index contributed by atoms with van der Waals surface area (Å²) in [5.74, 6) is -2.31. The standard InChI is InChI=1S/C56H108NO13P/c1-4-7-10-13-16-19-22-24-27-30-32-35-38-41-47(59)44-50(61)57-53-55(68-52(63)45-48(60)42-39-36-33-29-26-21-18-15-12-9-6-3)54(70-71(64,65)66)49(46-58)67-56(53)69-51(62)43-40-37-34-31-28-25-23-20-17-14-11-8-5-2/h47-49,53-56,58-60H,4-46H2,1-3H3,(H,57,61)(H2,64,65,66)/t47-,48-,49-,53-,54-,55-,56-/m1/s1. The summed E-state index contributed by atoms with van der Waals surface area (Å²) in [6.07, 6.45) is 33.5. The number of rotatable bonds is 50. The van der Waals surface area contributed by atoms with E-state index in [2.05, 4.69) is 26.1 Å². The molecule has 0 aromatic heterocycles. The summed E-state index contributed by atoms with van der Waals surface area (Å²) < 4.78 is 34.8. The number of unbranched alkanes of at least 4 members (excludes halogenated alkanes) is 34. The first-order valence-corrected chi connectivity index (χ1v) is 30.9. The lowest BCUT2D eigenvalue weighted by molar-refractivity contribution is -0.264. The molecule has 0 bridgehead atoms. The van der Waals surface area contributed by atoms with Crippen LogP contribution in [0.25, 0.3) is 0 Å². The number of hydrogen-bond donors (Lipinski definition) is 6. The predicted molar refractivity (Wildman–Crippen MR) is 284 cm³/mol. The van der Waals surface area contributed by atoms with Gasteiger partial charge in [0.1, 0.15) is 18.2 Å². The second kappa shape index (κ2) is 45.7. The normalized spacial score (nSPS) is 19.1. The van der Waals surface area contributed by atoms with Crippen molar-refractivity contribution in [3.8, 4) is 0 Å². The molecule has 0 aliphatic carbocycles. The average Bonchev–Trinajstić information content (AvgIpc) is 3.32. The van der Waals surface area contributed by atoms with E-state index in [0.29, 0.717) is 25.7 Å². The van der Waals surface area contributed by atoms with Crippen LogP contribution in [0, 0.1) is 0 Å². The van der Waals surface area contributed by atoms with Crippen molar-refractivity contribution in [1.82, 2.24) is 5.32 Å². The van der Waals surface area contributed by atoms with Gasteiger partial charge in [-0.15, -0.1) is 0 Å². The molecule has 0 aromatic carbocycles. The second-order valence-corrected chi connectivity index (χ2v) is 22.1. The fourth-order valence-electron chi connectivity index (χ4n) is 9.70. The molecule has 7 atom stereocenters. The molecule has 0 spiro atoms. The topological polar surface area (TPSA) is 218 Å². The highest BCUT2D eigenvalue weighted by atomic mass is 31.2. The van der Waals surface area contributed by atoms with Crippen molar-refractivity contribution in [3.05, 3.63) is 0 Å². The first kappa shape index (κ1) is 67.4. The number of nitrogens with one attached hydrogen (secondary N) is 1. The summed E-state index contributed by atoms with van der Waals surface area (Å²) in [6.45, 7) is 5.80. The Kier molecular flexibility index (Phi) is 43.4. The maximum atomic E-state index is 13.6. The zero-order chi connectivity index (χ0) is 52.2. The predicted octanol–water partition coefficient (Wildman–Crippen LogP) is 13.3. The molecule has 6 N–H and O–H groups in total. The molecule has 1 fully saturated rings. The number of carbonyl (C=O) groups is 3. The Morgan fingerprint density at radius 2 is 0.845 bits per heavy atom. The molecule has 420 valence electrons. The minimum atomic E-state index is -5.32. The van der Waals surface area contributed by atoms with Gasteiger partial charge in [-0.05, 0) is 19.3 Å². The van der Waals surface area contributed by atoms with Crippen LogP contribution in [0.3, 0.4) is 0 Å². The van der Waals surface area contributed by atoms with Gasteiger partial charge in [0.25, 0.3) is 0 Å². The number of aliphatic hydroxyl groups is 3. The zero-order valence-corrected chi connectivity index (χ0v) is 46.3. The zero-order valence-electron chi connectivity index (χ0n) is 45.4. The number of phosphoric ester groups is 1. The van der Waals surface area contributed by atoms with Gasteiger partial charge < -0.3 is 44.6 Å². The van der Waals surface area contributed by atoms with Gasteiger partial charge in [0.2, 0.25) is 12.2 Å². The van der Waals surface area contributed by atoms with Crippen LogP contribution in [0.5, 0.6) is 0 Å². The Labute approximate surface area is 432 Å².